The Morgan fingerprint density at radius 2 is 2.43 bits per heavy atom. The van der Waals surface area contributed by atoms with Crippen LogP contribution in [0.2, 0.25) is 0 Å². The van der Waals surface area contributed by atoms with E-state index in [2.05, 4.69) is 21.8 Å². The largest absolute Gasteiger partial charge is 0.311 e. The van der Waals surface area contributed by atoms with Crippen LogP contribution >= 0.6 is 11.5 Å². The van der Waals surface area contributed by atoms with E-state index in [0.717, 1.165) is 18.8 Å². The number of nitrogens with one attached hydrogen (secondary N) is 1. The van der Waals surface area contributed by atoms with Gasteiger partial charge in [-0.1, -0.05) is 17.8 Å². The molecule has 78 valence electrons. The highest BCUT2D eigenvalue weighted by molar-refractivity contribution is 7.03. The van der Waals surface area contributed by atoms with Crippen molar-refractivity contribution in [3.63, 3.8) is 0 Å². The molecule has 1 fully saturated rings. The topological polar surface area (TPSA) is 37.8 Å². The van der Waals surface area contributed by atoms with Crippen molar-refractivity contribution >= 4 is 11.5 Å². The minimum atomic E-state index is 0.637. The highest BCUT2D eigenvalue weighted by atomic mass is 32.1. The van der Waals surface area contributed by atoms with Crippen molar-refractivity contribution < 1.29 is 0 Å². The second-order valence-electron chi connectivity index (χ2n) is 4.25. The molecule has 1 N–H and O–H groups in total. The average molecular weight is 211 g/mol. The van der Waals surface area contributed by atoms with Gasteiger partial charge in [0, 0.05) is 18.5 Å². The molecule has 0 aliphatic heterocycles. The Morgan fingerprint density at radius 3 is 3.00 bits per heavy atom. The Morgan fingerprint density at radius 1 is 1.57 bits per heavy atom. The molecule has 0 spiro atoms. The molecule has 0 amide bonds. The normalized spacial score (nSPS) is 18.4. The van der Waals surface area contributed by atoms with E-state index in [-0.39, 0.29) is 0 Å². The summed E-state index contributed by atoms with van der Waals surface area (Å²) >= 11 is 1.42. The predicted molar refractivity (Wildman–Crippen MR) is 58.2 cm³/mol. The minimum Gasteiger partial charge on any atom is -0.311 e. The Balaban J connectivity index is 1.68. The fraction of sp³-hybridized carbons (Fsp3) is 0.800. The SMILES string of the molecule is CCCC1(CNCc2csnn2)CC1. The third-order valence-corrected chi connectivity index (χ3v) is 3.50. The van der Waals surface area contributed by atoms with Gasteiger partial charge in [-0.25, -0.2) is 0 Å². The van der Waals surface area contributed by atoms with E-state index in [9.17, 15) is 0 Å². The van der Waals surface area contributed by atoms with E-state index < -0.39 is 0 Å². The van der Waals surface area contributed by atoms with E-state index in [1.807, 2.05) is 5.38 Å². The number of hydrogen-bond acceptors (Lipinski definition) is 4. The quantitative estimate of drug-likeness (QED) is 0.784. The molecule has 1 aromatic heterocycles. The second-order valence-corrected chi connectivity index (χ2v) is 4.86. The Bertz CT molecular complexity index is 267. The van der Waals surface area contributed by atoms with Gasteiger partial charge in [0.25, 0.3) is 0 Å². The van der Waals surface area contributed by atoms with Gasteiger partial charge in [-0.3, -0.25) is 0 Å². The summed E-state index contributed by atoms with van der Waals surface area (Å²) in [5, 5.41) is 9.49. The van der Waals surface area contributed by atoms with Crippen molar-refractivity contribution in [1.82, 2.24) is 14.9 Å². The first-order chi connectivity index (χ1) is 6.85. The minimum absolute atomic E-state index is 0.637. The summed E-state index contributed by atoms with van der Waals surface area (Å²) in [5.74, 6) is 0. The van der Waals surface area contributed by atoms with Gasteiger partial charge >= 0.3 is 0 Å². The van der Waals surface area contributed by atoms with E-state index in [1.165, 1.54) is 37.2 Å². The predicted octanol–water partition coefficient (Wildman–Crippen LogP) is 2.21. The van der Waals surface area contributed by atoms with Crippen LogP contribution in [0.5, 0.6) is 0 Å². The fourth-order valence-electron chi connectivity index (χ4n) is 1.94. The van der Waals surface area contributed by atoms with Crippen LogP contribution in [0.1, 0.15) is 38.3 Å². The second kappa shape index (κ2) is 4.36. The van der Waals surface area contributed by atoms with Crippen LogP contribution in [-0.4, -0.2) is 16.1 Å². The van der Waals surface area contributed by atoms with Crippen molar-refractivity contribution in [3.8, 4) is 0 Å². The van der Waals surface area contributed by atoms with E-state index in [0.29, 0.717) is 5.41 Å². The maximum Gasteiger partial charge on any atom is 0.0893 e. The summed E-state index contributed by atoms with van der Waals surface area (Å²) in [6, 6.07) is 0. The van der Waals surface area contributed by atoms with Gasteiger partial charge in [0.1, 0.15) is 0 Å². The molecule has 1 aliphatic carbocycles. The van der Waals surface area contributed by atoms with E-state index in [4.69, 9.17) is 0 Å². The van der Waals surface area contributed by atoms with Gasteiger partial charge in [-0.05, 0) is 36.2 Å². The number of rotatable bonds is 6. The Labute approximate surface area is 89.1 Å². The van der Waals surface area contributed by atoms with Gasteiger partial charge in [0.15, 0.2) is 0 Å². The maximum absolute atomic E-state index is 4.01. The highest BCUT2D eigenvalue weighted by Gasteiger charge is 2.40. The van der Waals surface area contributed by atoms with Gasteiger partial charge in [-0.15, -0.1) is 5.10 Å². The molecule has 14 heavy (non-hydrogen) atoms. The van der Waals surface area contributed by atoms with Gasteiger partial charge in [0.2, 0.25) is 0 Å². The first-order valence-corrected chi connectivity index (χ1v) is 6.15. The monoisotopic (exact) mass is 211 g/mol. The zero-order valence-corrected chi connectivity index (χ0v) is 9.44. The molecule has 3 nitrogen and oxygen atoms in total. The molecule has 0 aromatic carbocycles. The molecule has 0 saturated heterocycles. The van der Waals surface area contributed by atoms with Gasteiger partial charge < -0.3 is 5.32 Å². The summed E-state index contributed by atoms with van der Waals surface area (Å²) in [7, 11) is 0. The average Bonchev–Trinajstić information content (AvgIpc) is 2.75. The number of hydrogen-bond donors (Lipinski definition) is 1. The van der Waals surface area contributed by atoms with Crippen molar-refractivity contribution in [3.05, 3.63) is 11.1 Å². The third-order valence-electron chi connectivity index (χ3n) is 2.95. The first-order valence-electron chi connectivity index (χ1n) is 5.31. The van der Waals surface area contributed by atoms with E-state index >= 15 is 0 Å². The maximum atomic E-state index is 4.01. The number of nitrogens with zero attached hydrogens (tertiary/aromatic N) is 2. The van der Waals surface area contributed by atoms with Crippen molar-refractivity contribution in [2.75, 3.05) is 6.54 Å². The molecule has 1 heterocycles. The van der Waals surface area contributed by atoms with Crippen molar-refractivity contribution in [2.24, 2.45) is 5.41 Å². The van der Waals surface area contributed by atoms with Crippen LogP contribution in [0, 0.1) is 5.41 Å². The summed E-state index contributed by atoms with van der Waals surface area (Å²) in [5.41, 5.74) is 1.71. The van der Waals surface area contributed by atoms with Crippen LogP contribution in [0.3, 0.4) is 0 Å². The summed E-state index contributed by atoms with van der Waals surface area (Å²) in [6.07, 6.45) is 5.49. The molecular formula is C10H17N3S. The smallest absolute Gasteiger partial charge is 0.0893 e. The summed E-state index contributed by atoms with van der Waals surface area (Å²) < 4.78 is 3.84. The Hall–Kier alpha value is -0.480. The highest BCUT2D eigenvalue weighted by Crippen LogP contribution is 2.48. The molecule has 1 saturated carbocycles. The molecule has 4 heteroatoms. The van der Waals surface area contributed by atoms with Crippen LogP contribution in [0.15, 0.2) is 5.38 Å². The standard InChI is InChI=1S/C10H17N3S/c1-2-3-10(4-5-10)8-11-6-9-7-14-13-12-9/h7,11H,2-6,8H2,1H3. The lowest BCUT2D eigenvalue weighted by atomic mass is 10.0. The van der Waals surface area contributed by atoms with Crippen LogP contribution in [0.4, 0.5) is 0 Å². The van der Waals surface area contributed by atoms with Crippen molar-refractivity contribution in [2.45, 2.75) is 39.2 Å². The molecule has 0 unspecified atom stereocenters. The molecule has 1 aliphatic rings. The van der Waals surface area contributed by atoms with E-state index in [1.54, 1.807) is 0 Å². The zero-order valence-electron chi connectivity index (χ0n) is 8.62. The molecule has 0 bridgehead atoms. The Kier molecular flexibility index (Phi) is 3.13. The molecule has 1 aromatic rings. The van der Waals surface area contributed by atoms with Crippen LogP contribution < -0.4 is 5.32 Å². The lowest BCUT2D eigenvalue weighted by Gasteiger charge is -2.13. The molecule has 0 radical (unpaired) electrons. The van der Waals surface area contributed by atoms with Gasteiger partial charge in [0.05, 0.1) is 5.69 Å². The molecule has 0 atom stereocenters. The zero-order chi connectivity index (χ0) is 9.86. The first kappa shape index (κ1) is 10.1. The lowest BCUT2D eigenvalue weighted by Crippen LogP contribution is -2.23. The van der Waals surface area contributed by atoms with Crippen molar-refractivity contribution in [1.29, 1.82) is 0 Å². The number of aromatic nitrogens is 2. The molecular weight excluding hydrogens is 194 g/mol. The van der Waals surface area contributed by atoms with Crippen LogP contribution in [0.25, 0.3) is 0 Å². The lowest BCUT2D eigenvalue weighted by molar-refractivity contribution is 0.419. The van der Waals surface area contributed by atoms with Gasteiger partial charge in [-0.2, -0.15) is 0 Å². The third kappa shape index (κ3) is 2.51. The summed E-state index contributed by atoms with van der Waals surface area (Å²) in [6.45, 7) is 4.30. The molecule has 2 rings (SSSR count). The fourth-order valence-corrected chi connectivity index (χ4v) is 2.39. The van der Waals surface area contributed by atoms with Crippen LogP contribution in [-0.2, 0) is 6.54 Å². The summed E-state index contributed by atoms with van der Waals surface area (Å²) in [4.78, 5) is 0.